The number of anilines is 1. The highest BCUT2D eigenvalue weighted by molar-refractivity contribution is 14.1. The van der Waals surface area contributed by atoms with Gasteiger partial charge in [0.2, 0.25) is 0 Å². The molecular weight excluding hydrogens is 461 g/mol. The molecular formula is C23H28IN3O. The fourth-order valence-electron chi connectivity index (χ4n) is 4.24. The van der Waals surface area contributed by atoms with Gasteiger partial charge in [-0.3, -0.25) is 4.79 Å². The van der Waals surface area contributed by atoms with Crippen LogP contribution in [0, 0.1) is 10.5 Å². The number of benzene rings is 2. The van der Waals surface area contributed by atoms with Crippen LogP contribution in [0.15, 0.2) is 41.5 Å². The first-order chi connectivity index (χ1) is 13.2. The molecule has 0 radical (unpaired) electrons. The Hall–Kier alpha value is -1.89. The van der Waals surface area contributed by atoms with Gasteiger partial charge in [-0.2, -0.15) is 5.10 Å². The summed E-state index contributed by atoms with van der Waals surface area (Å²) in [5.41, 5.74) is 8.30. The molecule has 2 aromatic rings. The topological polar surface area (TPSA) is 44.7 Å². The van der Waals surface area contributed by atoms with Crippen molar-refractivity contribution in [3.05, 3.63) is 62.2 Å². The van der Waals surface area contributed by atoms with Crippen molar-refractivity contribution in [3.8, 4) is 0 Å². The Labute approximate surface area is 181 Å². The van der Waals surface area contributed by atoms with Crippen LogP contribution in [0.1, 0.15) is 67.1 Å². The molecule has 1 amide bonds. The Morgan fingerprint density at radius 1 is 1.36 bits per heavy atom. The fraction of sp³-hybridized carbons (Fsp3) is 0.391. The van der Waals surface area contributed by atoms with Gasteiger partial charge in [0, 0.05) is 26.9 Å². The Bertz CT molecular complexity index is 920. The van der Waals surface area contributed by atoms with E-state index in [1.54, 1.807) is 12.3 Å². The Balaban J connectivity index is 1.83. The third-order valence-corrected chi connectivity index (χ3v) is 6.22. The molecule has 0 bridgehead atoms. The van der Waals surface area contributed by atoms with Crippen LogP contribution in [0.2, 0.25) is 0 Å². The number of rotatable bonds is 4. The van der Waals surface area contributed by atoms with Crippen molar-refractivity contribution in [2.24, 2.45) is 5.10 Å². The zero-order valence-electron chi connectivity index (χ0n) is 17.2. The molecule has 3 rings (SSSR count). The number of fused-ring (bicyclic) bond motifs is 1. The van der Waals surface area contributed by atoms with Crippen LogP contribution < -0.4 is 10.3 Å². The number of carbonyl (C=O) groups is 1. The summed E-state index contributed by atoms with van der Waals surface area (Å²) < 4.78 is 1.03. The van der Waals surface area contributed by atoms with Crippen molar-refractivity contribution in [1.29, 1.82) is 0 Å². The van der Waals surface area contributed by atoms with Gasteiger partial charge in [0.05, 0.1) is 6.21 Å². The maximum atomic E-state index is 12.3. The van der Waals surface area contributed by atoms with E-state index in [2.05, 4.69) is 84.8 Å². The largest absolute Gasteiger partial charge is 0.366 e. The average molecular weight is 489 g/mol. The van der Waals surface area contributed by atoms with E-state index in [1.165, 1.54) is 11.3 Å². The average Bonchev–Trinajstić information content (AvgIpc) is 2.62. The monoisotopic (exact) mass is 489 g/mol. The third kappa shape index (κ3) is 4.24. The number of amides is 1. The Morgan fingerprint density at radius 2 is 2.11 bits per heavy atom. The summed E-state index contributed by atoms with van der Waals surface area (Å²) in [7, 11) is 0. The van der Waals surface area contributed by atoms with Gasteiger partial charge in [-0.25, -0.2) is 5.43 Å². The molecule has 1 atom stereocenters. The van der Waals surface area contributed by atoms with Crippen molar-refractivity contribution in [3.63, 3.8) is 0 Å². The molecule has 0 aromatic heterocycles. The summed E-state index contributed by atoms with van der Waals surface area (Å²) in [5.74, 6) is 0.291. The van der Waals surface area contributed by atoms with Crippen LogP contribution in [0.4, 0.5) is 5.69 Å². The maximum Gasteiger partial charge on any atom is 0.271 e. The molecule has 1 heterocycles. The molecule has 148 valence electrons. The molecule has 0 saturated carbocycles. The molecule has 1 aliphatic rings. The zero-order chi connectivity index (χ0) is 20.5. The predicted octanol–water partition coefficient (Wildman–Crippen LogP) is 5.48. The van der Waals surface area contributed by atoms with E-state index < -0.39 is 0 Å². The summed E-state index contributed by atoms with van der Waals surface area (Å²) in [6, 6.07) is 12.0. The minimum atomic E-state index is -0.197. The molecule has 1 aliphatic heterocycles. The molecule has 1 unspecified atom stereocenters. The molecule has 1 N–H and O–H groups in total. The van der Waals surface area contributed by atoms with Gasteiger partial charge in [0.1, 0.15) is 0 Å². The third-order valence-electron chi connectivity index (χ3n) is 5.55. The minimum Gasteiger partial charge on any atom is -0.366 e. The van der Waals surface area contributed by atoms with E-state index in [4.69, 9.17) is 0 Å². The van der Waals surface area contributed by atoms with Crippen molar-refractivity contribution < 1.29 is 4.79 Å². The molecule has 0 saturated heterocycles. The lowest BCUT2D eigenvalue weighted by molar-refractivity contribution is 0.0955. The highest BCUT2D eigenvalue weighted by Crippen LogP contribution is 2.43. The standard InChI is InChI=1S/C23H28IN3O/c1-6-27-21-10-15(2)18(12-20(21)16(3)13-23(27,4)5)14-25-26-22(28)17-8-7-9-19(24)11-17/h7-12,14,16H,6,13H2,1-5H3,(H,26,28)/b25-14+. The SMILES string of the molecule is CCN1c2cc(C)c(/C=N/NC(=O)c3cccc(I)c3)cc2C(C)CC1(C)C. The van der Waals surface area contributed by atoms with Gasteiger partial charge in [0.25, 0.3) is 5.91 Å². The lowest BCUT2D eigenvalue weighted by atomic mass is 9.79. The number of hydrazone groups is 1. The number of aryl methyl sites for hydroxylation is 1. The second kappa shape index (κ2) is 8.23. The highest BCUT2D eigenvalue weighted by Gasteiger charge is 2.35. The van der Waals surface area contributed by atoms with Crippen LogP contribution in [-0.4, -0.2) is 24.2 Å². The first kappa shape index (κ1) is 20.8. The van der Waals surface area contributed by atoms with Crippen molar-refractivity contribution >= 4 is 40.4 Å². The second-order valence-corrected chi connectivity index (χ2v) is 9.38. The lowest BCUT2D eigenvalue weighted by Crippen LogP contribution is -2.48. The summed E-state index contributed by atoms with van der Waals surface area (Å²) >= 11 is 2.20. The molecule has 0 spiro atoms. The van der Waals surface area contributed by atoms with Gasteiger partial charge < -0.3 is 4.90 Å². The second-order valence-electron chi connectivity index (χ2n) is 8.14. The van der Waals surface area contributed by atoms with E-state index in [1.807, 2.05) is 18.2 Å². The Morgan fingerprint density at radius 3 is 2.79 bits per heavy atom. The van der Waals surface area contributed by atoms with Crippen LogP contribution in [0.3, 0.4) is 0 Å². The minimum absolute atomic E-state index is 0.157. The summed E-state index contributed by atoms with van der Waals surface area (Å²) in [6.45, 7) is 12.2. The first-order valence-corrected chi connectivity index (χ1v) is 10.8. The van der Waals surface area contributed by atoms with Crippen LogP contribution in [0.25, 0.3) is 0 Å². The normalized spacial score (nSPS) is 18.2. The number of halogens is 1. The van der Waals surface area contributed by atoms with Crippen molar-refractivity contribution in [2.75, 3.05) is 11.4 Å². The van der Waals surface area contributed by atoms with Gasteiger partial charge in [0.15, 0.2) is 0 Å². The van der Waals surface area contributed by atoms with Gasteiger partial charge >= 0.3 is 0 Å². The van der Waals surface area contributed by atoms with E-state index in [-0.39, 0.29) is 11.4 Å². The quantitative estimate of drug-likeness (QED) is 0.352. The lowest BCUT2D eigenvalue weighted by Gasteiger charge is -2.47. The smallest absolute Gasteiger partial charge is 0.271 e. The molecule has 4 nitrogen and oxygen atoms in total. The number of hydrogen-bond donors (Lipinski definition) is 1. The zero-order valence-corrected chi connectivity index (χ0v) is 19.4. The van der Waals surface area contributed by atoms with E-state index in [0.717, 1.165) is 27.7 Å². The van der Waals surface area contributed by atoms with Crippen LogP contribution in [0.5, 0.6) is 0 Å². The molecule has 5 heteroatoms. The highest BCUT2D eigenvalue weighted by atomic mass is 127. The number of nitrogens with zero attached hydrogens (tertiary/aromatic N) is 2. The molecule has 2 aromatic carbocycles. The first-order valence-electron chi connectivity index (χ1n) is 9.74. The number of nitrogens with one attached hydrogen (secondary N) is 1. The maximum absolute atomic E-state index is 12.3. The van der Waals surface area contributed by atoms with E-state index >= 15 is 0 Å². The van der Waals surface area contributed by atoms with E-state index in [9.17, 15) is 4.79 Å². The van der Waals surface area contributed by atoms with Crippen molar-refractivity contribution in [1.82, 2.24) is 5.43 Å². The summed E-state index contributed by atoms with van der Waals surface area (Å²) in [5, 5.41) is 4.21. The van der Waals surface area contributed by atoms with Gasteiger partial charge in [-0.1, -0.05) is 13.0 Å². The Kier molecular flexibility index (Phi) is 6.12. The van der Waals surface area contributed by atoms with Crippen LogP contribution >= 0.6 is 22.6 Å². The molecule has 28 heavy (non-hydrogen) atoms. The predicted molar refractivity (Wildman–Crippen MR) is 126 cm³/mol. The fourth-order valence-corrected chi connectivity index (χ4v) is 4.79. The van der Waals surface area contributed by atoms with E-state index in [0.29, 0.717) is 11.5 Å². The van der Waals surface area contributed by atoms with Crippen LogP contribution in [-0.2, 0) is 0 Å². The van der Waals surface area contributed by atoms with Crippen molar-refractivity contribution in [2.45, 2.75) is 52.5 Å². The summed E-state index contributed by atoms with van der Waals surface area (Å²) in [6.07, 6.45) is 2.88. The van der Waals surface area contributed by atoms with Gasteiger partial charge in [-0.05, 0) is 110 Å². The molecule has 0 fully saturated rings. The summed E-state index contributed by atoms with van der Waals surface area (Å²) in [4.78, 5) is 14.8. The number of carbonyl (C=O) groups excluding carboxylic acids is 1. The molecule has 0 aliphatic carbocycles. The number of hydrogen-bond acceptors (Lipinski definition) is 3. The van der Waals surface area contributed by atoms with Gasteiger partial charge in [-0.15, -0.1) is 0 Å².